The predicted molar refractivity (Wildman–Crippen MR) is 63.6 cm³/mol. The van der Waals surface area contributed by atoms with Crippen molar-refractivity contribution in [1.29, 1.82) is 0 Å². The van der Waals surface area contributed by atoms with Crippen molar-refractivity contribution >= 4 is 15.9 Å². The molecule has 1 atom stereocenters. The van der Waals surface area contributed by atoms with Crippen LogP contribution in [0.25, 0.3) is 0 Å². The van der Waals surface area contributed by atoms with E-state index in [1.54, 1.807) is 7.05 Å². The highest BCUT2D eigenvalue weighted by Crippen LogP contribution is 1.91. The van der Waals surface area contributed by atoms with Crippen molar-refractivity contribution < 1.29 is 13.2 Å². The average Bonchev–Trinajstić information content (AvgIpc) is 2.15. The Morgan fingerprint density at radius 2 is 1.94 bits per heavy atom. The van der Waals surface area contributed by atoms with Gasteiger partial charge in [-0.2, -0.15) is 0 Å². The molecule has 0 radical (unpaired) electrons. The summed E-state index contributed by atoms with van der Waals surface area (Å²) in [5.74, 6) is -0.0958. The molecule has 0 aliphatic heterocycles. The highest BCUT2D eigenvalue weighted by molar-refractivity contribution is 7.88. The number of carbonyl (C=O) groups is 1. The zero-order valence-corrected chi connectivity index (χ0v) is 10.9. The van der Waals surface area contributed by atoms with Gasteiger partial charge in [-0.3, -0.25) is 4.79 Å². The Balaban J connectivity index is 3.56. The van der Waals surface area contributed by atoms with Crippen LogP contribution in [-0.2, 0) is 14.8 Å². The normalized spacial score (nSPS) is 13.4. The lowest BCUT2D eigenvalue weighted by atomic mass is 10.1. The van der Waals surface area contributed by atoms with Crippen LogP contribution in [0, 0.1) is 5.92 Å². The standard InChI is InChI=1S/C9H21N3O3S/c1-8(7-10-2)9(13)11-5-4-6-12-16(3,14)15/h8,10,12H,4-7H2,1-3H3,(H,11,13). The van der Waals surface area contributed by atoms with Crippen molar-refractivity contribution in [3.63, 3.8) is 0 Å². The largest absolute Gasteiger partial charge is 0.356 e. The smallest absolute Gasteiger partial charge is 0.224 e. The highest BCUT2D eigenvalue weighted by atomic mass is 32.2. The lowest BCUT2D eigenvalue weighted by Gasteiger charge is -2.11. The van der Waals surface area contributed by atoms with Crippen LogP contribution in [0.15, 0.2) is 0 Å². The van der Waals surface area contributed by atoms with Crippen LogP contribution in [0.4, 0.5) is 0 Å². The molecule has 3 N–H and O–H groups in total. The summed E-state index contributed by atoms with van der Waals surface area (Å²) in [4.78, 5) is 11.4. The summed E-state index contributed by atoms with van der Waals surface area (Å²) in [5, 5.41) is 5.66. The summed E-state index contributed by atoms with van der Waals surface area (Å²) in [6, 6.07) is 0. The fourth-order valence-electron chi connectivity index (χ4n) is 1.13. The van der Waals surface area contributed by atoms with Gasteiger partial charge in [-0.05, 0) is 13.5 Å². The van der Waals surface area contributed by atoms with Gasteiger partial charge in [0.05, 0.1) is 6.26 Å². The predicted octanol–water partition coefficient (Wildman–Crippen LogP) is -1.10. The Kier molecular flexibility index (Phi) is 7.27. The second kappa shape index (κ2) is 7.59. The van der Waals surface area contributed by atoms with E-state index in [1.807, 2.05) is 6.92 Å². The number of amides is 1. The quantitative estimate of drug-likeness (QED) is 0.478. The van der Waals surface area contributed by atoms with Gasteiger partial charge in [0.2, 0.25) is 15.9 Å². The van der Waals surface area contributed by atoms with Crippen molar-refractivity contribution in [2.24, 2.45) is 5.92 Å². The Hall–Kier alpha value is -0.660. The SMILES string of the molecule is CNCC(C)C(=O)NCCCNS(C)(=O)=O. The van der Waals surface area contributed by atoms with E-state index in [2.05, 4.69) is 15.4 Å². The van der Waals surface area contributed by atoms with Gasteiger partial charge in [0.1, 0.15) is 0 Å². The maximum Gasteiger partial charge on any atom is 0.224 e. The van der Waals surface area contributed by atoms with E-state index in [1.165, 1.54) is 0 Å². The third-order valence-electron chi connectivity index (χ3n) is 1.97. The minimum absolute atomic E-state index is 0.0197. The Morgan fingerprint density at radius 1 is 1.31 bits per heavy atom. The van der Waals surface area contributed by atoms with Gasteiger partial charge < -0.3 is 10.6 Å². The van der Waals surface area contributed by atoms with Crippen LogP contribution in [0.1, 0.15) is 13.3 Å². The van der Waals surface area contributed by atoms with Crippen molar-refractivity contribution in [3.05, 3.63) is 0 Å². The fraction of sp³-hybridized carbons (Fsp3) is 0.889. The van der Waals surface area contributed by atoms with Gasteiger partial charge >= 0.3 is 0 Å². The molecule has 96 valence electrons. The fourth-order valence-corrected chi connectivity index (χ4v) is 1.65. The molecule has 0 rings (SSSR count). The molecule has 0 saturated carbocycles. The molecular formula is C9H21N3O3S. The van der Waals surface area contributed by atoms with E-state index < -0.39 is 10.0 Å². The molecule has 0 aromatic rings. The number of nitrogens with one attached hydrogen (secondary N) is 3. The minimum Gasteiger partial charge on any atom is -0.356 e. The topological polar surface area (TPSA) is 87.3 Å². The molecule has 0 bridgehead atoms. The monoisotopic (exact) mass is 251 g/mol. The summed E-state index contributed by atoms with van der Waals surface area (Å²) in [6.07, 6.45) is 1.70. The van der Waals surface area contributed by atoms with Crippen LogP contribution >= 0.6 is 0 Å². The molecule has 0 spiro atoms. The molecule has 6 nitrogen and oxygen atoms in total. The molecule has 16 heavy (non-hydrogen) atoms. The average molecular weight is 251 g/mol. The molecule has 0 heterocycles. The first-order chi connectivity index (χ1) is 7.37. The van der Waals surface area contributed by atoms with Gasteiger partial charge in [0.25, 0.3) is 0 Å². The number of hydrogen-bond acceptors (Lipinski definition) is 4. The lowest BCUT2D eigenvalue weighted by Crippen LogP contribution is -2.36. The maximum atomic E-state index is 11.4. The molecule has 1 amide bonds. The van der Waals surface area contributed by atoms with Crippen molar-refractivity contribution in [2.45, 2.75) is 13.3 Å². The molecule has 1 unspecified atom stereocenters. The molecule has 0 saturated heterocycles. The summed E-state index contributed by atoms with van der Waals surface area (Å²) in [5.41, 5.74) is 0. The maximum absolute atomic E-state index is 11.4. The molecule has 7 heteroatoms. The second-order valence-electron chi connectivity index (χ2n) is 3.77. The summed E-state index contributed by atoms with van der Waals surface area (Å²) in [6.45, 7) is 3.29. The van der Waals surface area contributed by atoms with E-state index >= 15 is 0 Å². The van der Waals surface area contributed by atoms with E-state index in [-0.39, 0.29) is 11.8 Å². The first kappa shape index (κ1) is 15.3. The van der Waals surface area contributed by atoms with Gasteiger partial charge in [-0.15, -0.1) is 0 Å². The van der Waals surface area contributed by atoms with E-state index in [9.17, 15) is 13.2 Å². The summed E-state index contributed by atoms with van der Waals surface area (Å²) in [7, 11) is -1.33. The van der Waals surface area contributed by atoms with Gasteiger partial charge in [-0.1, -0.05) is 6.92 Å². The van der Waals surface area contributed by atoms with E-state index in [0.717, 1.165) is 6.26 Å². The summed E-state index contributed by atoms with van der Waals surface area (Å²) < 4.78 is 23.8. The molecule has 0 aliphatic carbocycles. The number of carbonyl (C=O) groups excluding carboxylic acids is 1. The van der Waals surface area contributed by atoms with Crippen LogP contribution < -0.4 is 15.4 Å². The first-order valence-corrected chi connectivity index (χ1v) is 7.13. The third-order valence-corrected chi connectivity index (χ3v) is 2.70. The number of sulfonamides is 1. The van der Waals surface area contributed by atoms with Crippen molar-refractivity contribution in [3.8, 4) is 0 Å². The van der Waals surface area contributed by atoms with Gasteiger partial charge in [0.15, 0.2) is 0 Å². The zero-order chi connectivity index (χ0) is 12.6. The molecular weight excluding hydrogens is 230 g/mol. The second-order valence-corrected chi connectivity index (χ2v) is 5.60. The highest BCUT2D eigenvalue weighted by Gasteiger charge is 2.10. The van der Waals surface area contributed by atoms with Gasteiger partial charge in [-0.25, -0.2) is 13.1 Å². The molecule has 0 aromatic heterocycles. The van der Waals surface area contributed by atoms with Crippen LogP contribution in [0.3, 0.4) is 0 Å². The van der Waals surface area contributed by atoms with E-state index in [4.69, 9.17) is 0 Å². The van der Waals surface area contributed by atoms with Crippen LogP contribution in [0.2, 0.25) is 0 Å². The zero-order valence-electron chi connectivity index (χ0n) is 10.0. The number of rotatable bonds is 8. The number of hydrogen-bond donors (Lipinski definition) is 3. The Bertz CT molecular complexity index is 303. The van der Waals surface area contributed by atoms with Crippen molar-refractivity contribution in [2.75, 3.05) is 32.9 Å². The van der Waals surface area contributed by atoms with Gasteiger partial charge in [0, 0.05) is 25.6 Å². The van der Waals surface area contributed by atoms with E-state index in [0.29, 0.717) is 26.1 Å². The third kappa shape index (κ3) is 8.63. The Morgan fingerprint density at radius 3 is 2.44 bits per heavy atom. The van der Waals surface area contributed by atoms with Crippen LogP contribution in [0.5, 0.6) is 0 Å². The Labute approximate surface area is 97.2 Å². The van der Waals surface area contributed by atoms with Crippen LogP contribution in [-0.4, -0.2) is 47.3 Å². The van der Waals surface area contributed by atoms with Crippen molar-refractivity contribution in [1.82, 2.24) is 15.4 Å². The first-order valence-electron chi connectivity index (χ1n) is 5.23. The lowest BCUT2D eigenvalue weighted by molar-refractivity contribution is -0.124. The molecule has 0 aliphatic rings. The summed E-state index contributed by atoms with van der Waals surface area (Å²) >= 11 is 0. The molecule has 0 fully saturated rings. The minimum atomic E-state index is -3.12. The molecule has 0 aromatic carbocycles.